The zero-order valence-corrected chi connectivity index (χ0v) is 19.0. The molecule has 0 saturated carbocycles. The number of phenols is 1. The van der Waals surface area contributed by atoms with E-state index in [1.165, 1.54) is 62.8 Å². The van der Waals surface area contributed by atoms with Gasteiger partial charge in [0.25, 0.3) is 11.7 Å². The second kappa shape index (κ2) is 9.29. The maximum atomic E-state index is 13.4. The molecule has 1 aliphatic rings. The molecule has 0 aliphatic carbocycles. The summed E-state index contributed by atoms with van der Waals surface area (Å²) in [4.78, 5) is 27.2. The molecule has 7 nitrogen and oxygen atoms in total. The van der Waals surface area contributed by atoms with E-state index in [9.17, 15) is 33.0 Å². The monoisotopic (exact) mass is 499 g/mol. The predicted molar refractivity (Wildman–Crippen MR) is 124 cm³/mol. The molecule has 0 spiro atoms. The fraction of sp³-hybridized carbons (Fsp3) is 0.154. The lowest BCUT2D eigenvalue weighted by atomic mass is 9.94. The van der Waals surface area contributed by atoms with E-state index < -0.39 is 35.2 Å². The largest absolute Gasteiger partial charge is 0.508 e. The normalized spacial score (nSPS) is 17.4. The molecular formula is C26H20F3NO6. The summed E-state index contributed by atoms with van der Waals surface area (Å²) < 4.78 is 50.6. The van der Waals surface area contributed by atoms with Gasteiger partial charge in [0.15, 0.2) is 11.5 Å². The van der Waals surface area contributed by atoms with E-state index in [1.807, 2.05) is 0 Å². The van der Waals surface area contributed by atoms with Crippen molar-refractivity contribution in [3.05, 3.63) is 89.0 Å². The van der Waals surface area contributed by atoms with E-state index in [0.29, 0.717) is 5.75 Å². The van der Waals surface area contributed by atoms with E-state index >= 15 is 0 Å². The second-order valence-electron chi connectivity index (χ2n) is 7.88. The van der Waals surface area contributed by atoms with Crippen LogP contribution in [0.5, 0.6) is 17.2 Å². The zero-order valence-electron chi connectivity index (χ0n) is 19.0. The maximum absolute atomic E-state index is 13.4. The van der Waals surface area contributed by atoms with Gasteiger partial charge in [0.05, 0.1) is 31.4 Å². The van der Waals surface area contributed by atoms with Crippen molar-refractivity contribution in [3.8, 4) is 17.2 Å². The molecule has 2 N–H and O–H groups in total. The smallest absolute Gasteiger partial charge is 0.416 e. The van der Waals surface area contributed by atoms with Crippen molar-refractivity contribution >= 4 is 23.1 Å². The summed E-state index contributed by atoms with van der Waals surface area (Å²) in [5.41, 5.74) is -1.27. The van der Waals surface area contributed by atoms with E-state index in [1.54, 1.807) is 0 Å². The highest BCUT2D eigenvalue weighted by atomic mass is 19.4. The number of rotatable bonds is 5. The van der Waals surface area contributed by atoms with Gasteiger partial charge in [-0.1, -0.05) is 18.2 Å². The van der Waals surface area contributed by atoms with Crippen LogP contribution in [0.15, 0.2) is 72.3 Å². The molecule has 1 aliphatic heterocycles. The number of alkyl halides is 3. The number of hydrogen-bond donors (Lipinski definition) is 2. The highest BCUT2D eigenvalue weighted by molar-refractivity contribution is 6.51. The first-order chi connectivity index (χ1) is 17.1. The molecule has 1 amide bonds. The summed E-state index contributed by atoms with van der Waals surface area (Å²) in [5.74, 6) is -2.42. The lowest BCUT2D eigenvalue weighted by Crippen LogP contribution is -2.29. The molecule has 1 fully saturated rings. The van der Waals surface area contributed by atoms with Crippen LogP contribution in [0.3, 0.4) is 0 Å². The van der Waals surface area contributed by atoms with Gasteiger partial charge in [-0.15, -0.1) is 0 Å². The number of ether oxygens (including phenoxy) is 2. The number of halogens is 3. The number of anilines is 1. The lowest BCUT2D eigenvalue weighted by Gasteiger charge is -2.26. The second-order valence-corrected chi connectivity index (χ2v) is 7.88. The first kappa shape index (κ1) is 24.6. The Labute approximate surface area is 203 Å². The van der Waals surface area contributed by atoms with Gasteiger partial charge in [0.2, 0.25) is 0 Å². The minimum atomic E-state index is -4.69. The van der Waals surface area contributed by atoms with E-state index in [-0.39, 0.29) is 33.9 Å². The van der Waals surface area contributed by atoms with Gasteiger partial charge < -0.3 is 19.7 Å². The number of hydrogen-bond acceptors (Lipinski definition) is 6. The van der Waals surface area contributed by atoms with Crippen LogP contribution in [-0.2, 0) is 15.8 Å². The molecule has 0 bridgehead atoms. The van der Waals surface area contributed by atoms with Crippen LogP contribution in [0, 0.1) is 0 Å². The molecule has 36 heavy (non-hydrogen) atoms. The SMILES string of the molecule is COc1ccc(/C(O)=C2\C(=O)C(=O)N(c3cccc(C(F)(F)F)c3)C2c2cccc(O)c2)cc1OC. The van der Waals surface area contributed by atoms with Crippen molar-refractivity contribution in [2.75, 3.05) is 19.1 Å². The van der Waals surface area contributed by atoms with Crippen LogP contribution in [0.4, 0.5) is 18.9 Å². The number of amides is 1. The number of phenolic OH excluding ortho intramolecular Hbond substituents is 1. The highest BCUT2D eigenvalue weighted by Gasteiger charge is 2.47. The van der Waals surface area contributed by atoms with Crippen LogP contribution in [0.2, 0.25) is 0 Å². The first-order valence-corrected chi connectivity index (χ1v) is 10.6. The summed E-state index contributed by atoms with van der Waals surface area (Å²) in [5, 5.41) is 21.2. The van der Waals surface area contributed by atoms with Gasteiger partial charge in [-0.25, -0.2) is 0 Å². The summed E-state index contributed by atoms with van der Waals surface area (Å²) in [6, 6.07) is 12.5. The fourth-order valence-electron chi connectivity index (χ4n) is 4.08. The molecule has 3 aromatic rings. The van der Waals surface area contributed by atoms with Crippen molar-refractivity contribution in [1.29, 1.82) is 0 Å². The minimum Gasteiger partial charge on any atom is -0.508 e. The average Bonchev–Trinajstić information content (AvgIpc) is 3.13. The molecule has 4 rings (SSSR count). The number of ketones is 1. The molecule has 186 valence electrons. The van der Waals surface area contributed by atoms with E-state index in [2.05, 4.69) is 0 Å². The zero-order chi connectivity index (χ0) is 26.2. The highest BCUT2D eigenvalue weighted by Crippen LogP contribution is 2.44. The molecule has 0 radical (unpaired) electrons. The number of benzene rings is 3. The Morgan fingerprint density at radius 1 is 0.917 bits per heavy atom. The number of carbonyl (C=O) groups is 2. The number of carbonyl (C=O) groups excluding carboxylic acids is 2. The summed E-state index contributed by atoms with van der Waals surface area (Å²) in [6.45, 7) is 0. The standard InChI is InChI=1S/C26H20F3NO6/c1-35-19-10-9-15(12-20(19)36-2)23(32)21-22(14-5-3-8-18(31)11-14)30(25(34)24(21)33)17-7-4-6-16(13-17)26(27,28)29/h3-13,22,31-32H,1-2H3/b23-21+. The Bertz CT molecular complexity index is 1380. The lowest BCUT2D eigenvalue weighted by molar-refractivity contribution is -0.137. The Morgan fingerprint density at radius 2 is 1.61 bits per heavy atom. The molecule has 10 heteroatoms. The Kier molecular flexibility index (Phi) is 6.36. The first-order valence-electron chi connectivity index (χ1n) is 10.6. The Morgan fingerprint density at radius 3 is 2.25 bits per heavy atom. The summed E-state index contributed by atoms with van der Waals surface area (Å²) >= 11 is 0. The Hall–Kier alpha value is -4.47. The van der Waals surface area contributed by atoms with Crippen molar-refractivity contribution in [2.45, 2.75) is 12.2 Å². The van der Waals surface area contributed by atoms with Crippen LogP contribution >= 0.6 is 0 Å². The molecule has 0 aromatic heterocycles. The van der Waals surface area contributed by atoms with Gasteiger partial charge in [-0.05, 0) is 54.1 Å². The third kappa shape index (κ3) is 4.33. The number of nitrogens with zero attached hydrogens (tertiary/aromatic N) is 1. The van der Waals surface area contributed by atoms with E-state index in [0.717, 1.165) is 23.1 Å². The molecule has 3 aromatic carbocycles. The van der Waals surface area contributed by atoms with Crippen LogP contribution < -0.4 is 14.4 Å². The van der Waals surface area contributed by atoms with Crippen molar-refractivity contribution in [2.24, 2.45) is 0 Å². The number of methoxy groups -OCH3 is 2. The van der Waals surface area contributed by atoms with Crippen LogP contribution in [-0.4, -0.2) is 36.1 Å². The Balaban J connectivity index is 1.96. The summed E-state index contributed by atoms with van der Waals surface area (Å²) in [7, 11) is 2.79. The van der Waals surface area contributed by atoms with Gasteiger partial charge >= 0.3 is 6.18 Å². The predicted octanol–water partition coefficient (Wildman–Crippen LogP) is 5.05. The van der Waals surface area contributed by atoms with Crippen LogP contribution in [0.1, 0.15) is 22.7 Å². The molecule has 1 saturated heterocycles. The number of aliphatic hydroxyl groups is 1. The minimum absolute atomic E-state index is 0.111. The number of aromatic hydroxyl groups is 1. The van der Waals surface area contributed by atoms with Gasteiger partial charge in [0, 0.05) is 11.3 Å². The van der Waals surface area contributed by atoms with Crippen molar-refractivity contribution in [1.82, 2.24) is 0 Å². The third-order valence-electron chi connectivity index (χ3n) is 5.74. The maximum Gasteiger partial charge on any atom is 0.416 e. The summed E-state index contributed by atoms with van der Waals surface area (Å²) in [6.07, 6.45) is -4.69. The molecule has 1 heterocycles. The van der Waals surface area contributed by atoms with Gasteiger partial charge in [-0.2, -0.15) is 13.2 Å². The third-order valence-corrected chi connectivity index (χ3v) is 5.74. The van der Waals surface area contributed by atoms with Crippen molar-refractivity contribution in [3.63, 3.8) is 0 Å². The topological polar surface area (TPSA) is 96.3 Å². The van der Waals surface area contributed by atoms with Crippen LogP contribution in [0.25, 0.3) is 5.76 Å². The molecular weight excluding hydrogens is 479 g/mol. The number of Topliss-reactive ketones (excluding diaryl/α,β-unsaturated/α-hetero) is 1. The van der Waals surface area contributed by atoms with E-state index in [4.69, 9.17) is 9.47 Å². The molecule has 1 unspecified atom stereocenters. The van der Waals surface area contributed by atoms with Gasteiger partial charge in [-0.3, -0.25) is 14.5 Å². The fourth-order valence-corrected chi connectivity index (χ4v) is 4.08. The molecule has 1 atom stereocenters. The van der Waals surface area contributed by atoms with Crippen molar-refractivity contribution < 1.29 is 42.4 Å². The number of aliphatic hydroxyl groups excluding tert-OH is 1. The quantitative estimate of drug-likeness (QED) is 0.290. The average molecular weight is 499 g/mol. The van der Waals surface area contributed by atoms with Gasteiger partial charge in [0.1, 0.15) is 11.5 Å².